The molecule has 0 amide bonds. The fourth-order valence-corrected chi connectivity index (χ4v) is 4.89. The molecule has 3 aromatic rings. The molecule has 1 saturated heterocycles. The van der Waals surface area contributed by atoms with E-state index in [2.05, 4.69) is 15.0 Å². The van der Waals surface area contributed by atoms with Gasteiger partial charge < -0.3 is 14.2 Å². The van der Waals surface area contributed by atoms with Gasteiger partial charge in [-0.1, -0.05) is 23.2 Å². The van der Waals surface area contributed by atoms with Crippen LogP contribution < -0.4 is 4.90 Å². The number of hydrogen-bond donors (Lipinski definition) is 0. The van der Waals surface area contributed by atoms with E-state index in [1.807, 2.05) is 4.90 Å². The normalized spacial score (nSPS) is 15.5. The van der Waals surface area contributed by atoms with Crippen LogP contribution in [0.2, 0.25) is 10.0 Å². The van der Waals surface area contributed by atoms with Gasteiger partial charge in [0.1, 0.15) is 11.9 Å². The summed E-state index contributed by atoms with van der Waals surface area (Å²) >= 11 is 11.2. The smallest absolute Gasteiger partial charge is 0.264 e. The van der Waals surface area contributed by atoms with Crippen molar-refractivity contribution in [3.05, 3.63) is 46.5 Å². The summed E-state index contributed by atoms with van der Waals surface area (Å²) in [6.07, 6.45) is 4.22. The monoisotopic (exact) mass is 450 g/mol. The molecule has 1 aliphatic heterocycles. The molecule has 0 saturated carbocycles. The van der Waals surface area contributed by atoms with E-state index in [1.165, 1.54) is 25.6 Å². The minimum absolute atomic E-state index is 0.116. The van der Waals surface area contributed by atoms with E-state index in [9.17, 15) is 9.35 Å². The fraction of sp³-hybridized carbons (Fsp3) is 0.263. The molecule has 0 radical (unpaired) electrons. The van der Waals surface area contributed by atoms with Crippen molar-refractivity contribution in [2.75, 3.05) is 31.2 Å². The lowest BCUT2D eigenvalue weighted by molar-refractivity contribution is 0.101. The summed E-state index contributed by atoms with van der Waals surface area (Å²) in [6.45, 7) is 3.55. The van der Waals surface area contributed by atoms with E-state index in [0.29, 0.717) is 57.8 Å². The second-order valence-electron chi connectivity index (χ2n) is 6.39. The average Bonchev–Trinajstić information content (AvgIpc) is 2.75. The topological polar surface area (TPSA) is 91.3 Å². The van der Waals surface area contributed by atoms with Gasteiger partial charge in [0.15, 0.2) is 10.7 Å². The highest BCUT2D eigenvalue weighted by molar-refractivity contribution is 7.91. The highest BCUT2D eigenvalue weighted by Crippen LogP contribution is 2.41. The number of aromatic nitrogens is 3. The summed E-state index contributed by atoms with van der Waals surface area (Å²) < 4.78 is 18.8. The van der Waals surface area contributed by atoms with E-state index in [-0.39, 0.29) is 16.4 Å². The van der Waals surface area contributed by atoms with Crippen LogP contribution in [0.4, 0.5) is 5.69 Å². The zero-order valence-electron chi connectivity index (χ0n) is 15.4. The van der Waals surface area contributed by atoms with Crippen molar-refractivity contribution in [2.45, 2.75) is 16.8 Å². The molecule has 7 nitrogen and oxygen atoms in total. The molecular weight excluding hydrogens is 435 g/mol. The van der Waals surface area contributed by atoms with Crippen molar-refractivity contribution < 1.29 is 14.1 Å². The maximum Gasteiger partial charge on any atom is 0.264 e. The third kappa shape index (κ3) is 3.78. The van der Waals surface area contributed by atoms with Crippen LogP contribution in [0, 0.1) is 0 Å². The van der Waals surface area contributed by atoms with Gasteiger partial charge >= 0.3 is 0 Å². The minimum Gasteiger partial charge on any atom is -0.605 e. The van der Waals surface area contributed by atoms with Crippen molar-refractivity contribution in [3.63, 3.8) is 0 Å². The van der Waals surface area contributed by atoms with Gasteiger partial charge in [-0.15, -0.1) is 0 Å². The number of benzene rings is 1. The molecule has 0 N–H and O–H groups in total. The molecule has 1 atom stereocenters. The third-order valence-corrected chi connectivity index (χ3v) is 6.49. The summed E-state index contributed by atoms with van der Waals surface area (Å²) in [6, 6.07) is 3.30. The number of Topliss-reactive ketones (excluding diaryl/α,β-unsaturated/α-hetero) is 1. The Labute approximate surface area is 180 Å². The summed E-state index contributed by atoms with van der Waals surface area (Å²) in [5, 5.41) is 1.46. The first-order valence-electron chi connectivity index (χ1n) is 8.81. The number of halogens is 2. The van der Waals surface area contributed by atoms with Gasteiger partial charge in [-0.2, -0.15) is 4.98 Å². The molecule has 0 bridgehead atoms. The van der Waals surface area contributed by atoms with Crippen LogP contribution in [0.25, 0.3) is 10.9 Å². The molecule has 1 fully saturated rings. The van der Waals surface area contributed by atoms with E-state index in [1.54, 1.807) is 12.1 Å². The van der Waals surface area contributed by atoms with Crippen molar-refractivity contribution in [3.8, 4) is 0 Å². The number of morpholine rings is 1. The Morgan fingerprint density at radius 2 is 1.83 bits per heavy atom. The lowest BCUT2D eigenvalue weighted by Gasteiger charge is -2.32. The molecular formula is C19H16Cl2N4O3S. The van der Waals surface area contributed by atoms with Gasteiger partial charge in [0.05, 0.1) is 46.9 Å². The molecule has 2 aromatic heterocycles. The third-order valence-electron chi connectivity index (χ3n) is 4.58. The molecule has 0 aliphatic carbocycles. The van der Waals surface area contributed by atoms with Crippen LogP contribution in [-0.2, 0) is 15.9 Å². The molecule has 3 heterocycles. The van der Waals surface area contributed by atoms with E-state index < -0.39 is 11.2 Å². The van der Waals surface area contributed by atoms with Crippen LogP contribution in [0.1, 0.15) is 17.3 Å². The largest absolute Gasteiger partial charge is 0.605 e. The van der Waals surface area contributed by atoms with Gasteiger partial charge in [0.2, 0.25) is 0 Å². The summed E-state index contributed by atoms with van der Waals surface area (Å²) in [5.74, 6) is -0.267. The molecule has 10 heteroatoms. The van der Waals surface area contributed by atoms with Gasteiger partial charge in [0, 0.05) is 29.7 Å². The number of fused-ring (bicyclic) bond motifs is 1. The number of carbonyl (C=O) groups is 1. The first-order valence-corrected chi connectivity index (χ1v) is 10.7. The zero-order valence-corrected chi connectivity index (χ0v) is 17.7. The van der Waals surface area contributed by atoms with Crippen LogP contribution >= 0.6 is 23.2 Å². The van der Waals surface area contributed by atoms with E-state index >= 15 is 0 Å². The first kappa shape index (κ1) is 20.3. The van der Waals surface area contributed by atoms with Crippen molar-refractivity contribution in [1.29, 1.82) is 0 Å². The Bertz CT molecular complexity index is 1080. The highest BCUT2D eigenvalue weighted by atomic mass is 35.5. The number of hydrogen-bond acceptors (Lipinski definition) is 7. The fourth-order valence-electron chi connectivity index (χ4n) is 3.31. The Morgan fingerprint density at radius 1 is 1.17 bits per heavy atom. The highest BCUT2D eigenvalue weighted by Gasteiger charge is 2.33. The molecule has 1 aromatic carbocycles. The summed E-state index contributed by atoms with van der Waals surface area (Å²) in [7, 11) is 0. The number of anilines is 1. The predicted octanol–water partition coefficient (Wildman–Crippen LogP) is 3.54. The Hall–Kier alpha value is -1.97. The number of rotatable bonds is 4. The first-order chi connectivity index (χ1) is 14.0. The van der Waals surface area contributed by atoms with Crippen LogP contribution in [0.5, 0.6) is 0 Å². The molecule has 1 aliphatic rings. The zero-order chi connectivity index (χ0) is 20.5. The van der Waals surface area contributed by atoms with Gasteiger partial charge in [-0.05, 0) is 19.1 Å². The maximum atomic E-state index is 13.3. The number of nitrogens with zero attached hydrogens (tertiary/aromatic N) is 4. The van der Waals surface area contributed by atoms with Crippen molar-refractivity contribution >= 4 is 56.8 Å². The second-order valence-corrected chi connectivity index (χ2v) is 8.60. The lowest BCUT2D eigenvalue weighted by atomic mass is 10.0. The van der Waals surface area contributed by atoms with Gasteiger partial charge in [-0.3, -0.25) is 4.79 Å². The number of ketones is 1. The second kappa shape index (κ2) is 8.41. The minimum atomic E-state index is -1.78. The maximum absolute atomic E-state index is 13.3. The molecule has 1 unspecified atom stereocenters. The molecule has 0 spiro atoms. The van der Waals surface area contributed by atoms with Gasteiger partial charge in [0.25, 0.3) is 5.03 Å². The van der Waals surface area contributed by atoms with Crippen LogP contribution in [-0.4, -0.2) is 51.6 Å². The molecule has 4 rings (SSSR count). The Kier molecular flexibility index (Phi) is 5.89. The summed E-state index contributed by atoms with van der Waals surface area (Å²) in [4.78, 5) is 27.5. The van der Waals surface area contributed by atoms with Gasteiger partial charge in [-0.25, -0.2) is 9.97 Å². The number of carbonyl (C=O) groups excluding carboxylic acids is 1. The predicted molar refractivity (Wildman–Crippen MR) is 112 cm³/mol. The molecule has 150 valence electrons. The Balaban J connectivity index is 2.07. The number of ether oxygens (including phenoxy) is 1. The van der Waals surface area contributed by atoms with Crippen molar-refractivity contribution in [2.24, 2.45) is 0 Å². The number of pyridine rings is 1. The SMILES string of the molecule is CC(=O)c1c([S+]([O-])c2cncnc2)nc2c(Cl)ccc(Cl)c2c1N1CCOCC1. The summed E-state index contributed by atoms with van der Waals surface area (Å²) in [5.41, 5.74) is 1.23. The standard InChI is InChI=1S/C19H16Cl2N4O3S/c1-11(26)15-18(25-4-6-28-7-5-25)16-13(20)2-3-14(21)17(16)24-19(15)29(27)12-8-22-10-23-9-12/h2-3,8-10H,4-7H2,1H3. The van der Waals surface area contributed by atoms with E-state index in [0.717, 1.165) is 0 Å². The molecule has 29 heavy (non-hydrogen) atoms. The van der Waals surface area contributed by atoms with E-state index in [4.69, 9.17) is 27.9 Å². The van der Waals surface area contributed by atoms with Crippen molar-refractivity contribution in [1.82, 2.24) is 15.0 Å². The lowest BCUT2D eigenvalue weighted by Crippen LogP contribution is -2.37. The van der Waals surface area contributed by atoms with Crippen LogP contribution in [0.15, 0.2) is 40.8 Å². The Morgan fingerprint density at radius 3 is 2.48 bits per heavy atom. The quantitative estimate of drug-likeness (QED) is 0.443. The average molecular weight is 451 g/mol. The van der Waals surface area contributed by atoms with Crippen LogP contribution in [0.3, 0.4) is 0 Å².